The number of nitrogens with zero attached hydrogens (tertiary/aromatic N) is 2. The van der Waals surface area contributed by atoms with Gasteiger partial charge in [-0.1, -0.05) is 0 Å². The summed E-state index contributed by atoms with van der Waals surface area (Å²) in [7, 11) is 0. The monoisotopic (exact) mass is 412 g/mol. The first-order valence-electron chi connectivity index (χ1n) is 9.12. The van der Waals surface area contributed by atoms with E-state index in [4.69, 9.17) is 12.2 Å². The molecule has 1 heterocycles. The van der Waals surface area contributed by atoms with E-state index < -0.39 is 10.8 Å². The minimum absolute atomic E-state index is 0.0496. The molecule has 1 fully saturated rings. The number of carbonyl (C=O) groups is 2. The van der Waals surface area contributed by atoms with Gasteiger partial charge < -0.3 is 10.2 Å². The number of rotatable bonds is 5. The van der Waals surface area contributed by atoms with Gasteiger partial charge in [0.25, 0.3) is 11.6 Å². The Bertz CT molecular complexity index is 969. The highest BCUT2D eigenvalue weighted by atomic mass is 32.1. The fourth-order valence-electron chi connectivity index (χ4n) is 3.16. The predicted octanol–water partition coefficient (Wildman–Crippen LogP) is 3.52. The number of hydrogen-bond acceptors (Lipinski definition) is 6. The van der Waals surface area contributed by atoms with Crippen LogP contribution < -0.4 is 15.5 Å². The molecule has 8 nitrogen and oxygen atoms in total. The molecule has 9 heteroatoms. The highest BCUT2D eigenvalue weighted by Crippen LogP contribution is 2.31. The fraction of sp³-hybridized carbons (Fsp3) is 0.250. The Morgan fingerprint density at radius 3 is 2.28 bits per heavy atom. The molecule has 2 aromatic carbocycles. The van der Waals surface area contributed by atoms with Crippen molar-refractivity contribution in [2.75, 3.05) is 23.3 Å². The Morgan fingerprint density at radius 2 is 1.69 bits per heavy atom. The number of ketones is 1. The summed E-state index contributed by atoms with van der Waals surface area (Å²) in [5.74, 6) is -0.592. The largest absolute Gasteiger partial charge is 0.366 e. The van der Waals surface area contributed by atoms with Crippen LogP contribution in [0.25, 0.3) is 0 Å². The number of anilines is 2. The molecule has 1 saturated heterocycles. The van der Waals surface area contributed by atoms with Gasteiger partial charge in [0.15, 0.2) is 10.9 Å². The zero-order chi connectivity index (χ0) is 21.0. The molecule has 1 aliphatic heterocycles. The van der Waals surface area contributed by atoms with E-state index in [2.05, 4.69) is 10.6 Å². The van der Waals surface area contributed by atoms with Crippen LogP contribution in [0.2, 0.25) is 0 Å². The zero-order valence-corrected chi connectivity index (χ0v) is 16.6. The molecule has 1 amide bonds. The van der Waals surface area contributed by atoms with E-state index in [1.807, 2.05) is 4.90 Å². The van der Waals surface area contributed by atoms with Gasteiger partial charge >= 0.3 is 0 Å². The highest BCUT2D eigenvalue weighted by Gasteiger charge is 2.24. The molecule has 0 bridgehead atoms. The lowest BCUT2D eigenvalue weighted by Crippen LogP contribution is -2.34. The van der Waals surface area contributed by atoms with E-state index in [1.54, 1.807) is 36.4 Å². The van der Waals surface area contributed by atoms with Crippen molar-refractivity contribution in [1.29, 1.82) is 0 Å². The van der Waals surface area contributed by atoms with Crippen LogP contribution in [0.15, 0.2) is 42.5 Å². The Labute approximate surface area is 173 Å². The van der Waals surface area contributed by atoms with Crippen LogP contribution in [0.3, 0.4) is 0 Å². The summed E-state index contributed by atoms with van der Waals surface area (Å²) in [5, 5.41) is 16.9. The third-order valence-electron chi connectivity index (χ3n) is 4.66. The second-order valence-corrected chi connectivity index (χ2v) is 7.10. The molecule has 2 N–H and O–H groups in total. The van der Waals surface area contributed by atoms with Crippen LogP contribution in [-0.2, 0) is 0 Å². The fourth-order valence-corrected chi connectivity index (χ4v) is 3.37. The Kier molecular flexibility index (Phi) is 6.18. The van der Waals surface area contributed by atoms with Crippen LogP contribution in [0, 0.1) is 10.1 Å². The molecule has 0 atom stereocenters. The first-order chi connectivity index (χ1) is 13.8. The van der Waals surface area contributed by atoms with Gasteiger partial charge in [-0.2, -0.15) is 0 Å². The van der Waals surface area contributed by atoms with Crippen molar-refractivity contribution in [2.24, 2.45) is 0 Å². The van der Waals surface area contributed by atoms with E-state index in [1.165, 1.54) is 13.0 Å². The third-order valence-corrected chi connectivity index (χ3v) is 4.86. The third kappa shape index (κ3) is 4.94. The number of nitro benzene ring substituents is 1. The minimum atomic E-state index is -0.543. The second kappa shape index (κ2) is 8.78. The molecule has 0 unspecified atom stereocenters. The van der Waals surface area contributed by atoms with Crippen molar-refractivity contribution >= 4 is 46.1 Å². The van der Waals surface area contributed by atoms with Gasteiger partial charge in [-0.15, -0.1) is 0 Å². The van der Waals surface area contributed by atoms with Crippen LogP contribution in [0.4, 0.5) is 17.1 Å². The lowest BCUT2D eigenvalue weighted by molar-refractivity contribution is -0.384. The molecule has 0 radical (unpaired) electrons. The average Bonchev–Trinajstić information content (AvgIpc) is 3.22. The highest BCUT2D eigenvalue weighted by molar-refractivity contribution is 7.80. The molecule has 0 saturated carbocycles. The SMILES string of the molecule is CC(=O)c1ccc(NC(=S)NC(=O)c2ccc(N3CCCC3)c([N+](=O)[O-])c2)cc1. The average molecular weight is 412 g/mol. The molecular weight excluding hydrogens is 392 g/mol. The number of nitro groups is 1. The van der Waals surface area contributed by atoms with Crippen LogP contribution in [0.5, 0.6) is 0 Å². The number of benzene rings is 2. The maximum absolute atomic E-state index is 12.5. The molecule has 0 aromatic heterocycles. The normalized spacial score (nSPS) is 13.1. The van der Waals surface area contributed by atoms with E-state index in [9.17, 15) is 19.7 Å². The number of thiocarbonyl (C=S) groups is 1. The Balaban J connectivity index is 1.69. The van der Waals surface area contributed by atoms with Crippen LogP contribution in [0.1, 0.15) is 40.5 Å². The smallest absolute Gasteiger partial charge is 0.293 e. The predicted molar refractivity (Wildman–Crippen MR) is 115 cm³/mol. The lowest BCUT2D eigenvalue weighted by atomic mass is 10.1. The van der Waals surface area contributed by atoms with E-state index in [0.29, 0.717) is 16.9 Å². The number of nitrogens with one attached hydrogen (secondary N) is 2. The number of hydrogen-bond donors (Lipinski definition) is 2. The molecule has 150 valence electrons. The lowest BCUT2D eigenvalue weighted by Gasteiger charge is -2.18. The first kappa shape index (κ1) is 20.4. The van der Waals surface area contributed by atoms with Crippen molar-refractivity contribution in [1.82, 2.24) is 5.32 Å². The molecule has 0 spiro atoms. The summed E-state index contributed by atoms with van der Waals surface area (Å²) in [4.78, 5) is 36.7. The van der Waals surface area contributed by atoms with Crippen LogP contribution in [-0.4, -0.2) is 34.8 Å². The quantitative estimate of drug-likeness (QED) is 0.335. The van der Waals surface area contributed by atoms with Gasteiger partial charge in [-0.25, -0.2) is 0 Å². The number of Topliss-reactive ketones (excluding diaryl/α,β-unsaturated/α-hetero) is 1. The van der Waals surface area contributed by atoms with Gasteiger partial charge in [0.1, 0.15) is 5.69 Å². The summed E-state index contributed by atoms with van der Waals surface area (Å²) in [6, 6.07) is 11.1. The van der Waals surface area contributed by atoms with Crippen LogP contribution >= 0.6 is 12.2 Å². The van der Waals surface area contributed by atoms with Gasteiger partial charge in [-0.05, 0) is 68.4 Å². The summed E-state index contributed by atoms with van der Waals surface area (Å²) in [5.41, 5.74) is 1.75. The second-order valence-electron chi connectivity index (χ2n) is 6.70. The van der Waals surface area contributed by atoms with E-state index >= 15 is 0 Å². The standard InChI is InChI=1S/C20H20N4O4S/c1-13(25)14-4-7-16(8-5-14)21-20(29)22-19(26)15-6-9-17(18(12-15)24(27)28)23-10-2-3-11-23/h4-9,12H,2-3,10-11H2,1H3,(H2,21,22,26,29). The first-order valence-corrected chi connectivity index (χ1v) is 9.52. The minimum Gasteiger partial charge on any atom is -0.366 e. The summed E-state index contributed by atoms with van der Waals surface area (Å²) in [6.07, 6.45) is 1.99. The summed E-state index contributed by atoms with van der Waals surface area (Å²) in [6.45, 7) is 3.01. The van der Waals surface area contributed by atoms with Crippen molar-refractivity contribution < 1.29 is 14.5 Å². The van der Waals surface area contributed by atoms with Crippen molar-refractivity contribution in [2.45, 2.75) is 19.8 Å². The van der Waals surface area contributed by atoms with E-state index in [0.717, 1.165) is 25.9 Å². The molecular formula is C20H20N4O4S. The molecule has 29 heavy (non-hydrogen) atoms. The van der Waals surface area contributed by atoms with Crippen molar-refractivity contribution in [3.05, 3.63) is 63.7 Å². The van der Waals surface area contributed by atoms with Crippen molar-refractivity contribution in [3.63, 3.8) is 0 Å². The Morgan fingerprint density at radius 1 is 1.07 bits per heavy atom. The van der Waals surface area contributed by atoms with Gasteiger partial charge in [0, 0.05) is 36.0 Å². The van der Waals surface area contributed by atoms with Gasteiger partial charge in [0.05, 0.1) is 4.92 Å². The van der Waals surface area contributed by atoms with Gasteiger partial charge in [0.2, 0.25) is 0 Å². The van der Waals surface area contributed by atoms with E-state index in [-0.39, 0.29) is 22.1 Å². The zero-order valence-electron chi connectivity index (χ0n) is 15.8. The maximum Gasteiger partial charge on any atom is 0.293 e. The Hall–Kier alpha value is -3.33. The molecule has 0 aliphatic carbocycles. The number of amides is 1. The molecule has 1 aliphatic rings. The summed E-state index contributed by atoms with van der Waals surface area (Å²) >= 11 is 5.14. The van der Waals surface area contributed by atoms with Gasteiger partial charge in [-0.3, -0.25) is 25.0 Å². The van der Waals surface area contributed by atoms with Crippen molar-refractivity contribution in [3.8, 4) is 0 Å². The molecule has 3 rings (SSSR count). The topological polar surface area (TPSA) is 105 Å². The summed E-state index contributed by atoms with van der Waals surface area (Å²) < 4.78 is 0. The molecule has 2 aromatic rings. The number of carbonyl (C=O) groups excluding carboxylic acids is 2. The maximum atomic E-state index is 12.5.